The number of rotatable bonds is 2. The maximum absolute atomic E-state index is 11.8. The van der Waals surface area contributed by atoms with Gasteiger partial charge in [0.15, 0.2) is 0 Å². The van der Waals surface area contributed by atoms with Crippen LogP contribution in [-0.2, 0) is 9.47 Å². The molecule has 1 aromatic heterocycles. The second-order valence-corrected chi connectivity index (χ2v) is 6.81. The number of esters is 1. The molecule has 2 aliphatic rings. The van der Waals surface area contributed by atoms with E-state index in [1.165, 1.54) is 18.2 Å². The highest BCUT2D eigenvalue weighted by Crippen LogP contribution is 2.54. The molecule has 118 valence electrons. The smallest absolute Gasteiger partial charge is 0.337 e. The summed E-state index contributed by atoms with van der Waals surface area (Å²) in [6, 6.07) is 12.1. The molecular weight excluding hydrogens is 322 g/mol. The highest BCUT2D eigenvalue weighted by Gasteiger charge is 2.43. The first-order chi connectivity index (χ1) is 11.8. The van der Waals surface area contributed by atoms with Crippen molar-refractivity contribution in [2.45, 2.75) is 12.2 Å². The molecule has 0 spiro atoms. The van der Waals surface area contributed by atoms with Crippen LogP contribution in [-0.4, -0.2) is 18.1 Å². The summed E-state index contributed by atoms with van der Waals surface area (Å²) in [5, 5.41) is 2.98. The molecule has 0 unspecified atom stereocenters. The Hall–Kier alpha value is -2.50. The zero-order valence-corrected chi connectivity index (χ0v) is 13.7. The van der Waals surface area contributed by atoms with Gasteiger partial charge in [-0.3, -0.25) is 0 Å². The summed E-state index contributed by atoms with van der Waals surface area (Å²) in [4.78, 5) is 16.2. The predicted octanol–water partition coefficient (Wildman–Crippen LogP) is 4.12. The summed E-state index contributed by atoms with van der Waals surface area (Å²) in [5.41, 5.74) is 6.24. The molecule has 2 bridgehead atoms. The second kappa shape index (κ2) is 5.00. The molecule has 5 rings (SSSR count). The van der Waals surface area contributed by atoms with Crippen molar-refractivity contribution in [2.75, 3.05) is 7.11 Å². The first-order valence-electron chi connectivity index (χ1n) is 7.67. The topological polar surface area (TPSA) is 48.4 Å². The minimum Gasteiger partial charge on any atom is -0.465 e. The van der Waals surface area contributed by atoms with Crippen LogP contribution in [0.3, 0.4) is 0 Å². The average molecular weight is 335 g/mol. The fourth-order valence-electron chi connectivity index (χ4n) is 3.59. The molecule has 4 nitrogen and oxygen atoms in total. The van der Waals surface area contributed by atoms with Gasteiger partial charge in [0.1, 0.15) is 17.2 Å². The van der Waals surface area contributed by atoms with Gasteiger partial charge in [0.2, 0.25) is 0 Å². The van der Waals surface area contributed by atoms with Gasteiger partial charge in [0, 0.05) is 17.1 Å². The first kappa shape index (κ1) is 13.9. The molecule has 2 aromatic carbocycles. The minimum absolute atomic E-state index is 0.0444. The van der Waals surface area contributed by atoms with Crippen molar-refractivity contribution in [2.24, 2.45) is 0 Å². The van der Waals surface area contributed by atoms with E-state index in [1.54, 1.807) is 17.4 Å². The van der Waals surface area contributed by atoms with E-state index in [0.29, 0.717) is 5.56 Å². The van der Waals surface area contributed by atoms with Crippen molar-refractivity contribution >= 4 is 17.3 Å². The van der Waals surface area contributed by atoms with Crippen LogP contribution in [0.5, 0.6) is 0 Å². The van der Waals surface area contributed by atoms with E-state index in [-0.39, 0.29) is 18.2 Å². The lowest BCUT2D eigenvalue weighted by Crippen LogP contribution is -2.07. The van der Waals surface area contributed by atoms with Gasteiger partial charge in [-0.25, -0.2) is 9.78 Å². The van der Waals surface area contributed by atoms with Gasteiger partial charge in [0.25, 0.3) is 0 Å². The number of carbonyl (C=O) groups excluding carboxylic acids is 1. The van der Waals surface area contributed by atoms with Crippen molar-refractivity contribution in [3.63, 3.8) is 0 Å². The molecule has 0 saturated heterocycles. The minimum atomic E-state index is -0.322. The number of hydrogen-bond donors (Lipinski definition) is 0. The number of hydrogen-bond acceptors (Lipinski definition) is 5. The van der Waals surface area contributed by atoms with Crippen LogP contribution >= 0.6 is 11.3 Å². The summed E-state index contributed by atoms with van der Waals surface area (Å²) in [6.45, 7) is 0. The molecule has 2 aliphatic heterocycles. The molecule has 24 heavy (non-hydrogen) atoms. The Balaban J connectivity index is 1.61. The van der Waals surface area contributed by atoms with Crippen molar-refractivity contribution in [3.8, 4) is 10.6 Å². The number of fused-ring (bicyclic) bond motifs is 8. The van der Waals surface area contributed by atoms with Crippen LogP contribution in [0, 0.1) is 0 Å². The van der Waals surface area contributed by atoms with Crippen LogP contribution in [0.25, 0.3) is 10.6 Å². The van der Waals surface area contributed by atoms with Gasteiger partial charge >= 0.3 is 5.97 Å². The van der Waals surface area contributed by atoms with Crippen LogP contribution < -0.4 is 0 Å². The highest BCUT2D eigenvalue weighted by atomic mass is 32.1. The molecule has 3 heterocycles. The number of thiazole rings is 1. The molecular formula is C19H13NO3S. The molecule has 0 saturated carbocycles. The molecule has 0 radical (unpaired) electrons. The molecule has 0 fully saturated rings. The molecule has 3 aromatic rings. The fraction of sp³-hybridized carbons (Fsp3) is 0.158. The number of benzene rings is 2. The van der Waals surface area contributed by atoms with E-state index in [0.717, 1.165) is 21.7 Å². The normalized spacial score (nSPS) is 19.9. The number of ether oxygens (including phenoxy) is 2. The Bertz CT molecular complexity index is 965. The number of aromatic nitrogens is 1. The SMILES string of the molecule is COC(=O)c1ccc2c(c1)[C@@H]1O[C@H]2c2ccc(-c3nccs3)cc21. The van der Waals surface area contributed by atoms with Gasteiger partial charge in [0.05, 0.1) is 12.7 Å². The van der Waals surface area contributed by atoms with Crippen LogP contribution in [0.2, 0.25) is 0 Å². The summed E-state index contributed by atoms with van der Waals surface area (Å²) >= 11 is 1.62. The Labute approximate surface area is 142 Å². The summed E-state index contributed by atoms with van der Waals surface area (Å²) < 4.78 is 11.0. The Morgan fingerprint density at radius 2 is 1.83 bits per heavy atom. The molecule has 0 aliphatic carbocycles. The van der Waals surface area contributed by atoms with E-state index >= 15 is 0 Å². The van der Waals surface area contributed by atoms with Crippen LogP contribution in [0.15, 0.2) is 48.0 Å². The van der Waals surface area contributed by atoms with E-state index in [9.17, 15) is 4.79 Å². The monoisotopic (exact) mass is 335 g/mol. The van der Waals surface area contributed by atoms with Crippen LogP contribution in [0.4, 0.5) is 0 Å². The number of carbonyl (C=O) groups is 1. The molecule has 0 N–H and O–H groups in total. The standard InChI is InChI=1S/C19H13NO3S/c1-22-19(21)11-3-5-13-15(9-11)17-14-8-10(18-20-6-7-24-18)2-4-12(14)16(13)23-17/h2-9,16-17H,1H3/t16-,17+/m0/s1. The van der Waals surface area contributed by atoms with Gasteiger partial charge in [-0.2, -0.15) is 0 Å². The fourth-order valence-corrected chi connectivity index (χ4v) is 4.22. The van der Waals surface area contributed by atoms with E-state index < -0.39 is 0 Å². The van der Waals surface area contributed by atoms with E-state index in [2.05, 4.69) is 23.2 Å². The highest BCUT2D eigenvalue weighted by molar-refractivity contribution is 7.13. The molecule has 5 heteroatoms. The Morgan fingerprint density at radius 1 is 1.08 bits per heavy atom. The summed E-state index contributed by atoms with van der Waals surface area (Å²) in [5.74, 6) is -0.322. The molecule has 0 amide bonds. The van der Waals surface area contributed by atoms with Gasteiger partial charge in [-0.15, -0.1) is 11.3 Å². The lowest BCUT2D eigenvalue weighted by Gasteiger charge is -2.17. The number of methoxy groups -OCH3 is 1. The first-order valence-corrected chi connectivity index (χ1v) is 8.55. The summed E-state index contributed by atoms with van der Waals surface area (Å²) in [7, 11) is 1.40. The largest absolute Gasteiger partial charge is 0.465 e. The van der Waals surface area contributed by atoms with E-state index in [4.69, 9.17) is 9.47 Å². The third-order valence-corrected chi connectivity index (χ3v) is 5.50. The Morgan fingerprint density at radius 3 is 2.58 bits per heavy atom. The van der Waals surface area contributed by atoms with Crippen molar-refractivity contribution in [1.29, 1.82) is 0 Å². The van der Waals surface area contributed by atoms with Crippen molar-refractivity contribution < 1.29 is 14.3 Å². The van der Waals surface area contributed by atoms with Crippen LogP contribution in [0.1, 0.15) is 44.8 Å². The van der Waals surface area contributed by atoms with Gasteiger partial charge in [-0.1, -0.05) is 18.2 Å². The zero-order valence-electron chi connectivity index (χ0n) is 12.9. The molecule has 2 atom stereocenters. The lowest BCUT2D eigenvalue weighted by atomic mass is 9.84. The quantitative estimate of drug-likeness (QED) is 0.661. The Kier molecular flexibility index (Phi) is 2.89. The maximum Gasteiger partial charge on any atom is 0.337 e. The summed E-state index contributed by atoms with van der Waals surface area (Å²) in [6.07, 6.45) is 1.65. The van der Waals surface area contributed by atoms with Gasteiger partial charge < -0.3 is 9.47 Å². The third kappa shape index (κ3) is 1.82. The third-order valence-electron chi connectivity index (χ3n) is 4.68. The maximum atomic E-state index is 11.8. The number of nitrogens with zero attached hydrogens (tertiary/aromatic N) is 1. The average Bonchev–Trinajstić information content (AvgIpc) is 3.35. The van der Waals surface area contributed by atoms with Gasteiger partial charge in [-0.05, 0) is 40.5 Å². The van der Waals surface area contributed by atoms with E-state index in [1.807, 2.05) is 23.7 Å². The van der Waals surface area contributed by atoms with Crippen molar-refractivity contribution in [3.05, 3.63) is 75.8 Å². The zero-order chi connectivity index (χ0) is 16.3. The second-order valence-electron chi connectivity index (χ2n) is 5.91. The van der Waals surface area contributed by atoms with Crippen molar-refractivity contribution in [1.82, 2.24) is 4.98 Å². The lowest BCUT2D eigenvalue weighted by molar-refractivity contribution is 0.0600. The predicted molar refractivity (Wildman–Crippen MR) is 90.1 cm³/mol.